The second-order valence-corrected chi connectivity index (χ2v) is 14.0. The lowest BCUT2D eigenvalue weighted by atomic mass is 9.43. The highest BCUT2D eigenvalue weighted by Crippen LogP contribution is 2.69. The molecule has 0 spiro atoms. The molecule has 0 N–H and O–H groups in total. The summed E-state index contributed by atoms with van der Waals surface area (Å²) in [5, 5.41) is 0. The van der Waals surface area contributed by atoms with Gasteiger partial charge in [-0.05, 0) is 110 Å². The predicted octanol–water partition coefficient (Wildman–Crippen LogP) is 8.70. The Morgan fingerprint density at radius 3 is 2.29 bits per heavy atom. The molecule has 0 bridgehead atoms. The van der Waals surface area contributed by atoms with Crippen molar-refractivity contribution in [2.75, 3.05) is 0 Å². The summed E-state index contributed by atoms with van der Waals surface area (Å²) in [7, 11) is 0. The van der Waals surface area contributed by atoms with Gasteiger partial charge in [-0.1, -0.05) is 67.0 Å². The molecule has 2 heteroatoms. The van der Waals surface area contributed by atoms with Crippen molar-refractivity contribution in [2.24, 2.45) is 64.1 Å². The van der Waals surface area contributed by atoms with Crippen molar-refractivity contribution >= 4 is 5.97 Å². The molecule has 0 aliphatic heterocycles. The van der Waals surface area contributed by atoms with E-state index in [0.29, 0.717) is 34.5 Å². The van der Waals surface area contributed by atoms with Crippen LogP contribution in [0.3, 0.4) is 0 Å². The zero-order valence-electron chi connectivity index (χ0n) is 23.6. The van der Waals surface area contributed by atoms with Gasteiger partial charge in [-0.2, -0.15) is 0 Å². The highest BCUT2D eigenvalue weighted by Gasteiger charge is 2.63. The molecule has 0 aromatic carbocycles. The van der Waals surface area contributed by atoms with E-state index in [9.17, 15) is 4.79 Å². The van der Waals surface area contributed by atoms with Gasteiger partial charge in [0.2, 0.25) is 0 Å². The molecule has 4 aliphatic carbocycles. The molecule has 0 heterocycles. The van der Waals surface area contributed by atoms with Gasteiger partial charge in [0.25, 0.3) is 0 Å². The Bertz CT molecular complexity index is 754. The number of ether oxygens (including phenoxy) is 1. The zero-order valence-corrected chi connectivity index (χ0v) is 23.6. The Kier molecular flexibility index (Phi) is 7.67. The summed E-state index contributed by atoms with van der Waals surface area (Å²) < 4.78 is 6.21. The van der Waals surface area contributed by atoms with Gasteiger partial charge in [-0.3, -0.25) is 4.79 Å². The summed E-state index contributed by atoms with van der Waals surface area (Å²) in [6.45, 7) is 18.8. The first-order valence-electron chi connectivity index (χ1n) is 14.9. The van der Waals surface area contributed by atoms with E-state index in [1.54, 1.807) is 6.92 Å². The molecule has 0 radical (unpaired) electrons. The lowest BCUT2D eigenvalue weighted by Crippen LogP contribution is -2.59. The first kappa shape index (κ1) is 26.3. The van der Waals surface area contributed by atoms with E-state index in [-0.39, 0.29) is 12.1 Å². The second-order valence-electron chi connectivity index (χ2n) is 14.0. The number of carbonyl (C=O) groups excluding carboxylic acids is 1. The van der Waals surface area contributed by atoms with Crippen LogP contribution in [0.15, 0.2) is 12.2 Å². The topological polar surface area (TPSA) is 26.3 Å². The summed E-state index contributed by atoms with van der Waals surface area (Å²) in [5.74, 6) is 6.30. The molecule has 3 unspecified atom stereocenters. The standard InChI is InChI=1S/C32H54O2/c1-9-24(20(2)3)11-10-22(5)26-12-13-27-30-28(15-17-32(26,27)8)31(7)16-14-21(4)18-25(31)19-29(30)34-23(6)33/h10-11,20-22,24-30H,9,12-19H2,1-8H3/b11-10+/t21-,22+,24+,25-,26+,27?,28?,29?,30-,31-,32+/m0/s1. The summed E-state index contributed by atoms with van der Waals surface area (Å²) in [6, 6.07) is 0. The van der Waals surface area contributed by atoms with E-state index in [0.717, 1.165) is 36.0 Å². The summed E-state index contributed by atoms with van der Waals surface area (Å²) in [5.41, 5.74) is 0.832. The van der Waals surface area contributed by atoms with Gasteiger partial charge in [0, 0.05) is 12.8 Å². The van der Waals surface area contributed by atoms with Gasteiger partial charge in [0.1, 0.15) is 6.10 Å². The first-order valence-corrected chi connectivity index (χ1v) is 14.9. The molecule has 0 aromatic rings. The minimum Gasteiger partial charge on any atom is -0.462 e. The van der Waals surface area contributed by atoms with Gasteiger partial charge in [-0.25, -0.2) is 0 Å². The number of fused-ring (bicyclic) bond motifs is 5. The molecule has 2 nitrogen and oxygen atoms in total. The van der Waals surface area contributed by atoms with Crippen LogP contribution in [0.1, 0.15) is 113 Å². The van der Waals surface area contributed by atoms with E-state index in [1.807, 2.05) is 0 Å². The van der Waals surface area contributed by atoms with E-state index in [2.05, 4.69) is 60.6 Å². The lowest BCUT2D eigenvalue weighted by Gasteiger charge is -2.63. The maximum atomic E-state index is 12.2. The van der Waals surface area contributed by atoms with Crippen LogP contribution in [-0.4, -0.2) is 12.1 Å². The van der Waals surface area contributed by atoms with Crippen molar-refractivity contribution in [1.29, 1.82) is 0 Å². The molecule has 4 fully saturated rings. The lowest BCUT2D eigenvalue weighted by molar-refractivity contribution is -0.191. The first-order chi connectivity index (χ1) is 16.0. The number of allylic oxidation sites excluding steroid dienone is 2. The van der Waals surface area contributed by atoms with Crippen LogP contribution in [0.2, 0.25) is 0 Å². The molecule has 194 valence electrons. The Balaban J connectivity index is 1.60. The van der Waals surface area contributed by atoms with Gasteiger partial charge in [-0.15, -0.1) is 0 Å². The average molecular weight is 471 g/mol. The van der Waals surface area contributed by atoms with E-state index >= 15 is 0 Å². The summed E-state index contributed by atoms with van der Waals surface area (Å²) in [4.78, 5) is 12.2. The Morgan fingerprint density at radius 2 is 1.65 bits per heavy atom. The van der Waals surface area contributed by atoms with Crippen LogP contribution in [-0.2, 0) is 9.53 Å². The largest absolute Gasteiger partial charge is 0.462 e. The summed E-state index contributed by atoms with van der Waals surface area (Å²) in [6.07, 6.45) is 17.1. The van der Waals surface area contributed by atoms with Crippen molar-refractivity contribution in [3.63, 3.8) is 0 Å². The molecule has 0 amide bonds. The maximum absolute atomic E-state index is 12.2. The Labute approximate surface area is 211 Å². The smallest absolute Gasteiger partial charge is 0.302 e. The molecule has 11 atom stereocenters. The SMILES string of the molecule is CC[C@H](/C=C/[C@@H](C)[C@H]1CCC2[C@@H]3C(OC(C)=O)C[C@@H]4C[C@@H](C)CC[C@]4(C)C3CC[C@@]21C)C(C)C. The molecule has 34 heavy (non-hydrogen) atoms. The van der Waals surface area contributed by atoms with Crippen molar-refractivity contribution in [3.05, 3.63) is 12.2 Å². The molecule has 0 saturated heterocycles. The summed E-state index contributed by atoms with van der Waals surface area (Å²) >= 11 is 0. The fourth-order valence-electron chi connectivity index (χ4n) is 9.93. The fraction of sp³-hybridized carbons (Fsp3) is 0.906. The number of esters is 1. The third-order valence-corrected chi connectivity index (χ3v) is 11.9. The van der Waals surface area contributed by atoms with E-state index in [4.69, 9.17) is 4.74 Å². The Hall–Kier alpha value is -0.790. The zero-order chi connectivity index (χ0) is 24.8. The average Bonchev–Trinajstić information content (AvgIpc) is 3.11. The van der Waals surface area contributed by atoms with Gasteiger partial charge < -0.3 is 4.74 Å². The molecular formula is C32H54O2. The van der Waals surface area contributed by atoms with Crippen LogP contribution in [0.25, 0.3) is 0 Å². The van der Waals surface area contributed by atoms with E-state index in [1.165, 1.54) is 51.4 Å². The predicted molar refractivity (Wildman–Crippen MR) is 142 cm³/mol. The number of carbonyl (C=O) groups is 1. The van der Waals surface area contributed by atoms with Gasteiger partial charge in [0.05, 0.1) is 0 Å². The second kappa shape index (κ2) is 9.93. The molecule has 4 rings (SSSR count). The molecule has 4 saturated carbocycles. The quantitative estimate of drug-likeness (QED) is 0.286. The van der Waals surface area contributed by atoms with Crippen LogP contribution >= 0.6 is 0 Å². The van der Waals surface area contributed by atoms with Crippen molar-refractivity contribution in [1.82, 2.24) is 0 Å². The van der Waals surface area contributed by atoms with Crippen LogP contribution in [0.4, 0.5) is 0 Å². The Morgan fingerprint density at radius 1 is 0.971 bits per heavy atom. The minimum atomic E-state index is -0.0615. The fourth-order valence-corrected chi connectivity index (χ4v) is 9.93. The number of hydrogen-bond donors (Lipinski definition) is 0. The number of hydrogen-bond acceptors (Lipinski definition) is 2. The van der Waals surface area contributed by atoms with Crippen LogP contribution in [0.5, 0.6) is 0 Å². The minimum absolute atomic E-state index is 0.0615. The maximum Gasteiger partial charge on any atom is 0.302 e. The number of rotatable bonds is 6. The van der Waals surface area contributed by atoms with Gasteiger partial charge >= 0.3 is 5.97 Å². The van der Waals surface area contributed by atoms with Crippen molar-refractivity contribution in [3.8, 4) is 0 Å². The third-order valence-electron chi connectivity index (χ3n) is 11.9. The molecular weight excluding hydrogens is 416 g/mol. The highest BCUT2D eigenvalue weighted by atomic mass is 16.5. The monoisotopic (exact) mass is 470 g/mol. The van der Waals surface area contributed by atoms with Crippen molar-refractivity contribution in [2.45, 2.75) is 119 Å². The van der Waals surface area contributed by atoms with Crippen molar-refractivity contribution < 1.29 is 9.53 Å². The van der Waals surface area contributed by atoms with Crippen LogP contribution in [0, 0.1) is 64.1 Å². The highest BCUT2D eigenvalue weighted by molar-refractivity contribution is 5.66. The van der Waals surface area contributed by atoms with E-state index < -0.39 is 0 Å². The third kappa shape index (κ3) is 4.54. The van der Waals surface area contributed by atoms with Gasteiger partial charge in [0.15, 0.2) is 0 Å². The van der Waals surface area contributed by atoms with Crippen LogP contribution < -0.4 is 0 Å². The molecule has 0 aromatic heterocycles. The molecule has 4 aliphatic rings. The normalized spacial score (nSPS) is 46.0.